The Bertz CT molecular complexity index is 913. The standard InChI is InChI=1S/C14H10F4N2O4S/c15-12-5-4-8(6-11(12)13(19)21)20-25(22,23)10-3-1-2-9(7-10)24-14(16,17)18/h1-7,20H,(H2,19,21). The maximum absolute atomic E-state index is 13.4. The average molecular weight is 378 g/mol. The summed E-state index contributed by atoms with van der Waals surface area (Å²) in [6, 6.07) is 6.38. The highest BCUT2D eigenvalue weighted by Crippen LogP contribution is 2.26. The summed E-state index contributed by atoms with van der Waals surface area (Å²) >= 11 is 0. The molecule has 0 aliphatic heterocycles. The normalized spacial score (nSPS) is 11.8. The molecule has 0 unspecified atom stereocenters. The lowest BCUT2D eigenvalue weighted by atomic mass is 10.2. The summed E-state index contributed by atoms with van der Waals surface area (Å²) in [7, 11) is -4.32. The van der Waals surface area contributed by atoms with Gasteiger partial charge in [0.25, 0.3) is 15.9 Å². The molecular weight excluding hydrogens is 368 g/mol. The van der Waals surface area contributed by atoms with E-state index >= 15 is 0 Å². The van der Waals surface area contributed by atoms with Crippen LogP contribution in [0.5, 0.6) is 5.75 Å². The van der Waals surface area contributed by atoms with Crippen LogP contribution in [-0.4, -0.2) is 20.7 Å². The van der Waals surface area contributed by atoms with Crippen LogP contribution < -0.4 is 15.2 Å². The molecule has 2 aromatic carbocycles. The molecule has 0 atom stereocenters. The number of anilines is 1. The molecule has 1 amide bonds. The first-order valence-electron chi connectivity index (χ1n) is 6.46. The third kappa shape index (κ3) is 4.83. The van der Waals surface area contributed by atoms with Gasteiger partial charge in [0.15, 0.2) is 0 Å². The molecule has 25 heavy (non-hydrogen) atoms. The van der Waals surface area contributed by atoms with Gasteiger partial charge in [-0.1, -0.05) is 6.07 Å². The molecular formula is C14H10F4N2O4S. The summed E-state index contributed by atoms with van der Waals surface area (Å²) in [6.45, 7) is 0. The van der Waals surface area contributed by atoms with Gasteiger partial charge >= 0.3 is 6.36 Å². The molecule has 0 spiro atoms. The second-order valence-electron chi connectivity index (χ2n) is 4.69. The van der Waals surface area contributed by atoms with Crippen LogP contribution in [-0.2, 0) is 10.0 Å². The first-order valence-corrected chi connectivity index (χ1v) is 7.94. The van der Waals surface area contributed by atoms with Gasteiger partial charge in [0, 0.05) is 11.8 Å². The Kier molecular flexibility index (Phi) is 4.88. The molecule has 0 saturated heterocycles. The van der Waals surface area contributed by atoms with Gasteiger partial charge in [0.1, 0.15) is 11.6 Å². The molecule has 6 nitrogen and oxygen atoms in total. The molecule has 3 N–H and O–H groups in total. The van der Waals surface area contributed by atoms with Crippen LogP contribution in [0.4, 0.5) is 23.2 Å². The number of hydrogen-bond acceptors (Lipinski definition) is 4. The number of carbonyl (C=O) groups excluding carboxylic acids is 1. The van der Waals surface area contributed by atoms with Crippen molar-refractivity contribution in [1.82, 2.24) is 0 Å². The van der Waals surface area contributed by atoms with E-state index in [-0.39, 0.29) is 5.69 Å². The summed E-state index contributed by atoms with van der Waals surface area (Å²) in [4.78, 5) is 10.5. The van der Waals surface area contributed by atoms with Gasteiger partial charge in [-0.2, -0.15) is 0 Å². The number of nitrogens with one attached hydrogen (secondary N) is 1. The number of nitrogens with two attached hydrogens (primary N) is 1. The van der Waals surface area contributed by atoms with Crippen LogP contribution >= 0.6 is 0 Å². The zero-order valence-corrected chi connectivity index (χ0v) is 13.0. The summed E-state index contributed by atoms with van der Waals surface area (Å²) in [5, 5.41) is 0. The quantitative estimate of drug-likeness (QED) is 0.782. The topological polar surface area (TPSA) is 98.5 Å². The number of carbonyl (C=O) groups is 1. The lowest BCUT2D eigenvalue weighted by Gasteiger charge is -2.12. The van der Waals surface area contributed by atoms with Crippen molar-refractivity contribution in [3.8, 4) is 5.75 Å². The van der Waals surface area contributed by atoms with E-state index in [9.17, 15) is 30.8 Å². The van der Waals surface area contributed by atoms with Gasteiger partial charge in [-0.25, -0.2) is 12.8 Å². The van der Waals surface area contributed by atoms with E-state index in [0.717, 1.165) is 36.4 Å². The van der Waals surface area contributed by atoms with Crippen molar-refractivity contribution < 1.29 is 35.5 Å². The van der Waals surface area contributed by atoms with Gasteiger partial charge < -0.3 is 10.5 Å². The third-order valence-electron chi connectivity index (χ3n) is 2.83. The lowest BCUT2D eigenvalue weighted by Crippen LogP contribution is -2.18. The van der Waals surface area contributed by atoms with Gasteiger partial charge in [-0.3, -0.25) is 9.52 Å². The van der Waals surface area contributed by atoms with Crippen LogP contribution in [0.3, 0.4) is 0 Å². The predicted molar refractivity (Wildman–Crippen MR) is 78.9 cm³/mol. The molecule has 0 saturated carbocycles. The summed E-state index contributed by atoms with van der Waals surface area (Å²) < 4.78 is 80.1. The fraction of sp³-hybridized carbons (Fsp3) is 0.0714. The summed E-state index contributed by atoms with van der Waals surface area (Å²) in [5.41, 5.74) is 4.21. The number of hydrogen-bond donors (Lipinski definition) is 2. The molecule has 2 rings (SSSR count). The number of ether oxygens (including phenoxy) is 1. The Morgan fingerprint density at radius 3 is 2.40 bits per heavy atom. The number of primary amides is 1. The van der Waals surface area contributed by atoms with Crippen molar-refractivity contribution in [1.29, 1.82) is 0 Å². The zero-order valence-electron chi connectivity index (χ0n) is 12.2. The molecule has 0 bridgehead atoms. The van der Waals surface area contributed by atoms with Gasteiger partial charge in [-0.05, 0) is 30.3 Å². The van der Waals surface area contributed by atoms with Gasteiger partial charge in [-0.15, -0.1) is 13.2 Å². The van der Waals surface area contributed by atoms with E-state index in [4.69, 9.17) is 5.73 Å². The molecule has 0 aromatic heterocycles. The molecule has 0 aliphatic rings. The molecule has 11 heteroatoms. The summed E-state index contributed by atoms with van der Waals surface area (Å²) in [6.07, 6.45) is -4.98. The first-order chi connectivity index (χ1) is 11.5. The summed E-state index contributed by atoms with van der Waals surface area (Å²) in [5.74, 6) is -2.79. The number of sulfonamides is 1. The maximum atomic E-state index is 13.4. The Morgan fingerprint density at radius 2 is 1.80 bits per heavy atom. The van der Waals surface area contributed by atoms with E-state index in [0.29, 0.717) is 6.07 Å². The first kappa shape index (κ1) is 18.5. The fourth-order valence-electron chi connectivity index (χ4n) is 1.83. The Labute approximate surface area is 139 Å². The molecule has 0 fully saturated rings. The van der Waals surface area contributed by atoms with Crippen molar-refractivity contribution in [2.24, 2.45) is 5.73 Å². The van der Waals surface area contributed by atoms with E-state index < -0.39 is 44.3 Å². The van der Waals surface area contributed by atoms with Gasteiger partial charge in [0.05, 0.1) is 10.5 Å². The van der Waals surface area contributed by atoms with Crippen molar-refractivity contribution in [3.05, 3.63) is 53.8 Å². The van der Waals surface area contributed by atoms with Crippen molar-refractivity contribution in [2.75, 3.05) is 4.72 Å². The number of rotatable bonds is 5. The molecule has 2 aromatic rings. The van der Waals surface area contributed by atoms with Gasteiger partial charge in [0.2, 0.25) is 0 Å². The van der Waals surface area contributed by atoms with E-state index in [1.165, 1.54) is 0 Å². The monoisotopic (exact) mass is 378 g/mol. The maximum Gasteiger partial charge on any atom is 0.573 e. The molecule has 0 radical (unpaired) electrons. The smallest absolute Gasteiger partial charge is 0.406 e. The predicted octanol–water partition coefficient (Wildman–Crippen LogP) is 2.62. The van der Waals surface area contributed by atoms with Crippen LogP contribution in [0, 0.1) is 5.82 Å². The van der Waals surface area contributed by atoms with E-state index in [1.807, 2.05) is 4.72 Å². The zero-order chi connectivity index (χ0) is 18.8. The van der Waals surface area contributed by atoms with Crippen molar-refractivity contribution in [2.45, 2.75) is 11.3 Å². The number of halogens is 4. The highest BCUT2D eigenvalue weighted by atomic mass is 32.2. The fourth-order valence-corrected chi connectivity index (χ4v) is 2.91. The Morgan fingerprint density at radius 1 is 1.12 bits per heavy atom. The second kappa shape index (κ2) is 6.59. The van der Waals surface area contributed by atoms with Crippen molar-refractivity contribution in [3.63, 3.8) is 0 Å². The Hall–Kier alpha value is -2.82. The minimum atomic E-state index is -4.98. The minimum Gasteiger partial charge on any atom is -0.406 e. The second-order valence-corrected chi connectivity index (χ2v) is 6.37. The van der Waals surface area contributed by atoms with Crippen LogP contribution in [0.2, 0.25) is 0 Å². The molecule has 0 aliphatic carbocycles. The van der Waals surface area contributed by atoms with Crippen LogP contribution in [0.15, 0.2) is 47.4 Å². The molecule has 0 heterocycles. The SMILES string of the molecule is NC(=O)c1cc(NS(=O)(=O)c2cccc(OC(F)(F)F)c2)ccc1F. The average Bonchev–Trinajstić information content (AvgIpc) is 2.47. The van der Waals surface area contributed by atoms with Crippen LogP contribution in [0.25, 0.3) is 0 Å². The largest absolute Gasteiger partial charge is 0.573 e. The van der Waals surface area contributed by atoms with E-state index in [1.54, 1.807) is 0 Å². The lowest BCUT2D eigenvalue weighted by molar-refractivity contribution is -0.274. The Balaban J connectivity index is 2.32. The molecule has 134 valence electrons. The highest BCUT2D eigenvalue weighted by Gasteiger charge is 2.31. The third-order valence-corrected chi connectivity index (χ3v) is 4.21. The van der Waals surface area contributed by atoms with Crippen molar-refractivity contribution >= 4 is 21.6 Å². The van der Waals surface area contributed by atoms with E-state index in [2.05, 4.69) is 4.74 Å². The number of benzene rings is 2. The number of amides is 1. The minimum absolute atomic E-state index is 0.197. The van der Waals surface area contributed by atoms with Crippen LogP contribution in [0.1, 0.15) is 10.4 Å². The number of alkyl halides is 3. The highest BCUT2D eigenvalue weighted by molar-refractivity contribution is 7.92.